The summed E-state index contributed by atoms with van der Waals surface area (Å²) in [4.78, 5) is 52.1. The van der Waals surface area contributed by atoms with Gasteiger partial charge in [-0.05, 0) is 58.0 Å². The number of esters is 4. The smallest absolute Gasteiger partial charge is 0.357 e. The minimum Gasteiger partial charge on any atom is -0.504 e. The van der Waals surface area contributed by atoms with Crippen molar-refractivity contribution in [2.45, 2.75) is 88.4 Å². The van der Waals surface area contributed by atoms with Crippen LogP contribution in [-0.4, -0.2) is 88.6 Å². The van der Waals surface area contributed by atoms with E-state index in [1.807, 2.05) is 13.1 Å². The van der Waals surface area contributed by atoms with Gasteiger partial charge in [-0.25, -0.2) is 9.59 Å². The van der Waals surface area contributed by atoms with Gasteiger partial charge in [0.25, 0.3) is 0 Å². The molecule has 2 N–H and O–H groups in total. The van der Waals surface area contributed by atoms with Crippen molar-refractivity contribution in [3.63, 3.8) is 0 Å². The van der Waals surface area contributed by atoms with Gasteiger partial charge in [0.15, 0.2) is 17.6 Å². The van der Waals surface area contributed by atoms with Gasteiger partial charge in [0.1, 0.15) is 5.76 Å². The van der Waals surface area contributed by atoms with E-state index in [1.54, 1.807) is 26.0 Å². The maximum Gasteiger partial charge on any atom is 0.357 e. The summed E-state index contributed by atoms with van der Waals surface area (Å²) in [6, 6.07) is 3.10. The number of ether oxygens (including phenoxy) is 5. The number of likely N-dealkylation sites (N-methyl/N-ethyl adjacent to an activating group) is 1. The Balaban J connectivity index is 1.53. The Morgan fingerprint density at radius 3 is 2.33 bits per heavy atom. The SMILES string of the molecule is CC(=O)O[C@H](C(=O)OC1=CC[C@@]2(O)[C@H]3Cc4ccc(O)c5c4C2(CCN3C)C1O5)[C@H](OC(C)=O)C(=O)OC(C)C. The average molecular weight is 560 g/mol. The molecule has 1 aromatic rings. The van der Waals surface area contributed by atoms with Gasteiger partial charge in [-0.2, -0.15) is 0 Å². The molecule has 1 aromatic carbocycles. The molecule has 12 heteroatoms. The van der Waals surface area contributed by atoms with Crippen molar-refractivity contribution in [1.82, 2.24) is 4.90 Å². The summed E-state index contributed by atoms with van der Waals surface area (Å²) >= 11 is 0. The molecule has 0 amide bonds. The number of benzene rings is 1. The average Bonchev–Trinajstić information content (AvgIpc) is 3.22. The lowest BCUT2D eigenvalue weighted by molar-refractivity contribution is -0.193. The summed E-state index contributed by atoms with van der Waals surface area (Å²) in [6.07, 6.45) is -2.86. The van der Waals surface area contributed by atoms with Crippen molar-refractivity contribution >= 4 is 23.9 Å². The molecule has 0 radical (unpaired) electrons. The number of hydrogen-bond donors (Lipinski definition) is 2. The quantitative estimate of drug-likeness (QED) is 0.362. The number of piperidine rings is 1. The van der Waals surface area contributed by atoms with E-state index < -0.39 is 59.3 Å². The lowest BCUT2D eigenvalue weighted by atomic mass is 9.50. The lowest BCUT2D eigenvalue weighted by Crippen LogP contribution is -2.74. The van der Waals surface area contributed by atoms with E-state index in [1.165, 1.54) is 0 Å². The number of aliphatic hydroxyl groups is 1. The predicted molar refractivity (Wildman–Crippen MR) is 135 cm³/mol. The molecule has 0 saturated carbocycles. The van der Waals surface area contributed by atoms with Crippen LogP contribution in [-0.2, 0) is 50.0 Å². The number of rotatable bonds is 7. The fourth-order valence-electron chi connectivity index (χ4n) is 6.74. The Morgan fingerprint density at radius 2 is 1.70 bits per heavy atom. The fraction of sp³-hybridized carbons (Fsp3) is 0.571. The van der Waals surface area contributed by atoms with Crippen LogP contribution in [0.4, 0.5) is 0 Å². The summed E-state index contributed by atoms with van der Waals surface area (Å²) in [5.41, 5.74) is -0.698. The van der Waals surface area contributed by atoms with Crippen LogP contribution >= 0.6 is 0 Å². The summed E-state index contributed by atoms with van der Waals surface area (Å²) in [6.45, 7) is 5.80. The van der Waals surface area contributed by atoms with Crippen LogP contribution in [0.25, 0.3) is 0 Å². The molecule has 1 saturated heterocycles. The van der Waals surface area contributed by atoms with E-state index in [2.05, 4.69) is 4.90 Å². The van der Waals surface area contributed by atoms with Crippen molar-refractivity contribution in [2.24, 2.45) is 0 Å². The van der Waals surface area contributed by atoms with E-state index in [0.717, 1.165) is 19.4 Å². The highest BCUT2D eigenvalue weighted by Gasteiger charge is 2.72. The predicted octanol–water partition coefficient (Wildman–Crippen LogP) is 1.03. The summed E-state index contributed by atoms with van der Waals surface area (Å²) in [5, 5.41) is 22.9. The first kappa shape index (κ1) is 27.9. The van der Waals surface area contributed by atoms with Gasteiger partial charge in [0.2, 0.25) is 12.2 Å². The van der Waals surface area contributed by atoms with Crippen LogP contribution in [0.5, 0.6) is 11.5 Å². The lowest BCUT2D eigenvalue weighted by Gasteiger charge is -2.61. The zero-order valence-electron chi connectivity index (χ0n) is 23.0. The zero-order valence-corrected chi connectivity index (χ0v) is 23.0. The minimum absolute atomic E-state index is 0.0254. The van der Waals surface area contributed by atoms with Crippen LogP contribution in [0.3, 0.4) is 0 Å². The molecule has 2 heterocycles. The van der Waals surface area contributed by atoms with Crippen molar-refractivity contribution in [3.05, 3.63) is 35.1 Å². The second-order valence-electron chi connectivity index (χ2n) is 11.1. The third kappa shape index (κ3) is 4.12. The number of likely N-dealkylation sites (tertiary alicyclic amines) is 1. The van der Waals surface area contributed by atoms with Gasteiger partial charge in [-0.15, -0.1) is 0 Å². The normalized spacial score (nSPS) is 29.3. The van der Waals surface area contributed by atoms with Crippen molar-refractivity contribution in [3.8, 4) is 11.5 Å². The second kappa shape index (κ2) is 9.77. The highest BCUT2D eigenvalue weighted by molar-refractivity contribution is 5.89. The molecule has 6 atom stereocenters. The zero-order chi connectivity index (χ0) is 29.1. The van der Waals surface area contributed by atoms with Gasteiger partial charge in [0.05, 0.1) is 17.1 Å². The van der Waals surface area contributed by atoms with Crippen molar-refractivity contribution < 1.29 is 53.1 Å². The molecule has 5 rings (SSSR count). The molecule has 0 aromatic heterocycles. The maximum absolute atomic E-state index is 13.5. The number of hydrogen-bond acceptors (Lipinski definition) is 12. The number of aromatic hydroxyl groups is 1. The van der Waals surface area contributed by atoms with Crippen LogP contribution in [0.15, 0.2) is 24.0 Å². The van der Waals surface area contributed by atoms with E-state index in [9.17, 15) is 29.4 Å². The highest BCUT2D eigenvalue weighted by atomic mass is 16.6. The Bertz CT molecular complexity index is 1310. The van der Waals surface area contributed by atoms with Gasteiger partial charge in [0, 0.05) is 31.9 Å². The molecular weight excluding hydrogens is 526 g/mol. The Labute approximate surface area is 230 Å². The van der Waals surface area contributed by atoms with E-state index in [-0.39, 0.29) is 29.7 Å². The number of carbonyl (C=O) groups excluding carboxylic acids is 4. The summed E-state index contributed by atoms with van der Waals surface area (Å²) in [7, 11) is 1.95. The van der Waals surface area contributed by atoms with Crippen LogP contribution in [0.2, 0.25) is 0 Å². The topological polar surface area (TPSA) is 158 Å². The first-order valence-electron chi connectivity index (χ1n) is 13.2. The highest BCUT2D eigenvalue weighted by Crippen LogP contribution is 2.65. The fourth-order valence-corrected chi connectivity index (χ4v) is 6.74. The van der Waals surface area contributed by atoms with E-state index >= 15 is 0 Å². The molecule has 40 heavy (non-hydrogen) atoms. The summed E-state index contributed by atoms with van der Waals surface area (Å²) in [5.74, 6) is -3.97. The van der Waals surface area contributed by atoms with Gasteiger partial charge in [-0.1, -0.05) is 6.07 Å². The maximum atomic E-state index is 13.5. The minimum atomic E-state index is -1.98. The molecule has 2 aliphatic heterocycles. The molecule has 2 unspecified atom stereocenters. The first-order chi connectivity index (χ1) is 18.8. The number of phenols is 1. The Kier molecular flexibility index (Phi) is 6.82. The monoisotopic (exact) mass is 559 g/mol. The van der Waals surface area contributed by atoms with E-state index in [4.69, 9.17) is 23.7 Å². The molecule has 4 aliphatic rings. The molecule has 2 aliphatic carbocycles. The summed E-state index contributed by atoms with van der Waals surface area (Å²) < 4.78 is 27.3. The number of nitrogens with zero attached hydrogens (tertiary/aromatic N) is 1. The Hall–Kier alpha value is -3.64. The molecule has 1 fully saturated rings. The number of carbonyl (C=O) groups is 4. The van der Waals surface area contributed by atoms with E-state index in [0.29, 0.717) is 24.9 Å². The van der Waals surface area contributed by atoms with Gasteiger partial charge >= 0.3 is 23.9 Å². The van der Waals surface area contributed by atoms with Gasteiger partial charge < -0.3 is 38.8 Å². The Morgan fingerprint density at radius 1 is 1.05 bits per heavy atom. The van der Waals surface area contributed by atoms with Crippen LogP contribution < -0.4 is 4.74 Å². The standard InChI is InChI=1S/C28H33NO11/c1-13(2)36-25(33)22(37-14(3)30)23(38-15(4)31)26(34)39-18-8-9-28(35)19-12-16-6-7-17(32)21-20(16)27(28,24(18)40-21)10-11-29(19)5/h6-8,13,19,22-24,32,35H,9-12H2,1-5H3/t19-,22+,23+,24?,27?,28-/m1/s1. The van der Waals surface area contributed by atoms with Crippen LogP contribution in [0, 0.1) is 0 Å². The molecule has 1 spiro atoms. The first-order valence-corrected chi connectivity index (χ1v) is 13.2. The third-order valence-corrected chi connectivity index (χ3v) is 8.25. The van der Waals surface area contributed by atoms with Gasteiger partial charge in [-0.3, -0.25) is 9.59 Å². The van der Waals surface area contributed by atoms with Crippen molar-refractivity contribution in [1.29, 1.82) is 0 Å². The molecular formula is C28H33NO11. The molecule has 2 bridgehead atoms. The largest absolute Gasteiger partial charge is 0.504 e. The molecule has 12 nitrogen and oxygen atoms in total. The third-order valence-electron chi connectivity index (χ3n) is 8.25. The second-order valence-corrected chi connectivity index (χ2v) is 11.1. The van der Waals surface area contributed by atoms with Crippen molar-refractivity contribution in [2.75, 3.05) is 13.6 Å². The van der Waals surface area contributed by atoms with Crippen LogP contribution in [0.1, 0.15) is 51.7 Å². The number of phenolic OH excluding ortho intramolecular Hbond substituents is 1. The molecule has 216 valence electrons.